The Kier molecular flexibility index (Phi) is 7.08. The third kappa shape index (κ3) is 6.50. The second kappa shape index (κ2) is 9.93. The van der Waals surface area contributed by atoms with Gasteiger partial charge in [-0.1, -0.05) is 12.1 Å². The molecule has 2 aromatic carbocycles. The van der Waals surface area contributed by atoms with E-state index in [0.717, 1.165) is 34.6 Å². The number of urea groups is 1. The van der Waals surface area contributed by atoms with Crippen molar-refractivity contribution >= 4 is 23.5 Å². The molecule has 0 aliphatic carbocycles. The molecule has 3 aromatic rings. The molecule has 0 saturated heterocycles. The van der Waals surface area contributed by atoms with Crippen LogP contribution in [0.15, 0.2) is 71.0 Å². The molecule has 0 bridgehead atoms. The Hall–Kier alpha value is -3.06. The van der Waals surface area contributed by atoms with Crippen LogP contribution in [0.4, 0.5) is 10.5 Å². The molecule has 0 spiro atoms. The van der Waals surface area contributed by atoms with Gasteiger partial charge in [0.15, 0.2) is 5.16 Å². The van der Waals surface area contributed by atoms with E-state index < -0.39 is 0 Å². The van der Waals surface area contributed by atoms with Crippen LogP contribution in [0.25, 0.3) is 0 Å². The first kappa shape index (κ1) is 20.7. The van der Waals surface area contributed by atoms with Gasteiger partial charge in [0.1, 0.15) is 5.75 Å². The molecule has 6 nitrogen and oxygen atoms in total. The average molecular weight is 409 g/mol. The molecule has 1 atom stereocenters. The lowest BCUT2D eigenvalue weighted by Gasteiger charge is -2.16. The fraction of sp³-hybridized carbons (Fsp3) is 0.227. The standard InChI is InChI=1S/C22H24N4O2S/c1-15-14-19(29-22-23-12-3-13-24-22)10-11-20(15)26-21(28)25-16(2)4-5-17-6-8-18(27)9-7-17/h3,6-14,16,27H,4-5H2,1-2H3,(H2,25,26,28). The van der Waals surface area contributed by atoms with Gasteiger partial charge in [0, 0.05) is 29.0 Å². The topological polar surface area (TPSA) is 87.1 Å². The molecule has 0 saturated carbocycles. The molecule has 1 unspecified atom stereocenters. The SMILES string of the molecule is Cc1cc(Sc2ncccn2)ccc1NC(=O)NC(C)CCc1ccc(O)cc1. The Balaban J connectivity index is 1.49. The van der Waals surface area contributed by atoms with Crippen molar-refractivity contribution in [3.05, 3.63) is 72.1 Å². The first-order valence-corrected chi connectivity index (χ1v) is 10.2. The van der Waals surface area contributed by atoms with E-state index >= 15 is 0 Å². The van der Waals surface area contributed by atoms with Crippen molar-refractivity contribution < 1.29 is 9.90 Å². The molecule has 3 rings (SSSR count). The molecule has 3 N–H and O–H groups in total. The highest BCUT2D eigenvalue weighted by Crippen LogP contribution is 2.27. The van der Waals surface area contributed by atoms with Crippen LogP contribution in [0.2, 0.25) is 0 Å². The number of aryl methyl sites for hydroxylation is 2. The highest BCUT2D eigenvalue weighted by atomic mass is 32.2. The van der Waals surface area contributed by atoms with Gasteiger partial charge in [0.05, 0.1) is 0 Å². The molecule has 1 heterocycles. The number of aromatic hydroxyl groups is 1. The number of hydrogen-bond acceptors (Lipinski definition) is 5. The summed E-state index contributed by atoms with van der Waals surface area (Å²) in [5.41, 5.74) is 2.87. The van der Waals surface area contributed by atoms with Gasteiger partial charge in [-0.05, 0) is 86.0 Å². The second-order valence-corrected chi connectivity index (χ2v) is 7.86. The number of benzene rings is 2. The summed E-state index contributed by atoms with van der Waals surface area (Å²) in [4.78, 5) is 21.8. The van der Waals surface area contributed by atoms with Crippen LogP contribution in [0, 0.1) is 6.92 Å². The van der Waals surface area contributed by atoms with Gasteiger partial charge in [-0.3, -0.25) is 0 Å². The van der Waals surface area contributed by atoms with E-state index in [-0.39, 0.29) is 17.8 Å². The van der Waals surface area contributed by atoms with Crippen molar-refractivity contribution in [3.63, 3.8) is 0 Å². The minimum atomic E-state index is -0.224. The number of anilines is 1. The van der Waals surface area contributed by atoms with Crippen LogP contribution in [0.5, 0.6) is 5.75 Å². The lowest BCUT2D eigenvalue weighted by molar-refractivity contribution is 0.248. The van der Waals surface area contributed by atoms with Crippen LogP contribution in [0.3, 0.4) is 0 Å². The summed E-state index contributed by atoms with van der Waals surface area (Å²) in [6, 6.07) is 14.6. The number of aromatic nitrogens is 2. The molecule has 0 radical (unpaired) electrons. The number of carbonyl (C=O) groups excluding carboxylic acids is 1. The van der Waals surface area contributed by atoms with E-state index in [4.69, 9.17) is 0 Å². The van der Waals surface area contributed by atoms with Crippen molar-refractivity contribution in [2.75, 3.05) is 5.32 Å². The van der Waals surface area contributed by atoms with Gasteiger partial charge in [0.25, 0.3) is 0 Å². The molecule has 29 heavy (non-hydrogen) atoms. The number of nitrogens with one attached hydrogen (secondary N) is 2. The lowest BCUT2D eigenvalue weighted by atomic mass is 10.1. The summed E-state index contributed by atoms with van der Waals surface area (Å²) >= 11 is 1.48. The quantitative estimate of drug-likeness (QED) is 0.490. The molecule has 2 amide bonds. The summed E-state index contributed by atoms with van der Waals surface area (Å²) in [6.45, 7) is 3.94. The minimum absolute atomic E-state index is 0.0224. The number of nitrogens with zero attached hydrogens (tertiary/aromatic N) is 2. The normalized spacial score (nSPS) is 11.7. The van der Waals surface area contributed by atoms with Gasteiger partial charge < -0.3 is 15.7 Å². The number of phenols is 1. The molecule has 150 valence electrons. The molecule has 0 aliphatic heterocycles. The van der Waals surface area contributed by atoms with Gasteiger partial charge in [-0.15, -0.1) is 0 Å². The molecule has 0 fully saturated rings. The molecular weight excluding hydrogens is 384 g/mol. The maximum absolute atomic E-state index is 12.3. The second-order valence-electron chi connectivity index (χ2n) is 6.81. The van der Waals surface area contributed by atoms with Gasteiger partial charge in [-0.2, -0.15) is 0 Å². The summed E-state index contributed by atoms with van der Waals surface area (Å²) in [5.74, 6) is 0.260. The fourth-order valence-corrected chi connectivity index (χ4v) is 3.59. The van der Waals surface area contributed by atoms with E-state index in [1.165, 1.54) is 11.8 Å². The van der Waals surface area contributed by atoms with Crippen molar-refractivity contribution in [1.29, 1.82) is 0 Å². The first-order valence-electron chi connectivity index (χ1n) is 9.40. The number of carbonyl (C=O) groups is 1. The van der Waals surface area contributed by atoms with Crippen LogP contribution >= 0.6 is 11.8 Å². The van der Waals surface area contributed by atoms with E-state index in [9.17, 15) is 9.90 Å². The van der Waals surface area contributed by atoms with Crippen molar-refractivity contribution in [3.8, 4) is 5.75 Å². The summed E-state index contributed by atoms with van der Waals surface area (Å²) in [5, 5.41) is 15.9. The van der Waals surface area contributed by atoms with E-state index in [1.54, 1.807) is 30.6 Å². The summed E-state index contributed by atoms with van der Waals surface area (Å²) in [6.07, 6.45) is 5.06. The van der Waals surface area contributed by atoms with E-state index in [1.807, 2.05) is 44.2 Å². The lowest BCUT2D eigenvalue weighted by Crippen LogP contribution is -2.36. The zero-order chi connectivity index (χ0) is 20.6. The Morgan fingerprint density at radius 2 is 1.86 bits per heavy atom. The predicted octanol–water partition coefficient (Wildman–Crippen LogP) is 4.78. The Labute approximate surface area is 174 Å². The van der Waals surface area contributed by atoms with E-state index in [2.05, 4.69) is 20.6 Å². The maximum atomic E-state index is 12.3. The summed E-state index contributed by atoms with van der Waals surface area (Å²) < 4.78 is 0. The Morgan fingerprint density at radius 3 is 2.55 bits per heavy atom. The Morgan fingerprint density at radius 1 is 1.14 bits per heavy atom. The van der Waals surface area contributed by atoms with Crippen LogP contribution in [-0.2, 0) is 6.42 Å². The average Bonchev–Trinajstić information content (AvgIpc) is 2.70. The Bertz CT molecular complexity index is 949. The van der Waals surface area contributed by atoms with Crippen LogP contribution < -0.4 is 10.6 Å². The zero-order valence-electron chi connectivity index (χ0n) is 16.4. The largest absolute Gasteiger partial charge is 0.508 e. The van der Waals surface area contributed by atoms with Crippen molar-refractivity contribution in [2.45, 2.75) is 42.8 Å². The van der Waals surface area contributed by atoms with Crippen molar-refractivity contribution in [1.82, 2.24) is 15.3 Å². The number of hydrogen-bond donors (Lipinski definition) is 3. The summed E-state index contributed by atoms with van der Waals surface area (Å²) in [7, 11) is 0. The van der Waals surface area contributed by atoms with Crippen LogP contribution in [0.1, 0.15) is 24.5 Å². The predicted molar refractivity (Wildman–Crippen MR) is 115 cm³/mol. The van der Waals surface area contributed by atoms with Gasteiger partial charge in [-0.25, -0.2) is 14.8 Å². The van der Waals surface area contributed by atoms with Gasteiger partial charge in [0.2, 0.25) is 0 Å². The number of amides is 2. The highest BCUT2D eigenvalue weighted by molar-refractivity contribution is 7.99. The van der Waals surface area contributed by atoms with Crippen LogP contribution in [-0.4, -0.2) is 27.1 Å². The first-order chi connectivity index (χ1) is 14.0. The third-order valence-electron chi connectivity index (χ3n) is 4.38. The molecular formula is C22H24N4O2S. The molecule has 7 heteroatoms. The smallest absolute Gasteiger partial charge is 0.319 e. The van der Waals surface area contributed by atoms with E-state index in [0.29, 0.717) is 5.16 Å². The zero-order valence-corrected chi connectivity index (χ0v) is 17.2. The third-order valence-corrected chi connectivity index (χ3v) is 5.26. The highest BCUT2D eigenvalue weighted by Gasteiger charge is 2.10. The number of phenolic OH excluding ortho intramolecular Hbond substituents is 1. The van der Waals surface area contributed by atoms with Gasteiger partial charge >= 0.3 is 6.03 Å². The maximum Gasteiger partial charge on any atom is 0.319 e. The van der Waals surface area contributed by atoms with Crippen molar-refractivity contribution in [2.24, 2.45) is 0 Å². The molecule has 0 aliphatic rings. The minimum Gasteiger partial charge on any atom is -0.508 e. The molecule has 1 aromatic heterocycles. The number of rotatable bonds is 7. The monoisotopic (exact) mass is 408 g/mol. The fourth-order valence-electron chi connectivity index (χ4n) is 2.78.